The van der Waals surface area contributed by atoms with Gasteiger partial charge in [-0.1, -0.05) is 73.7 Å². The summed E-state index contributed by atoms with van der Waals surface area (Å²) in [6.07, 6.45) is 2.32. The van der Waals surface area contributed by atoms with Crippen LogP contribution in [0.25, 0.3) is 5.57 Å². The maximum absolute atomic E-state index is 2.32. The Morgan fingerprint density at radius 1 is 0.882 bits per heavy atom. The fourth-order valence-electron chi connectivity index (χ4n) is 2.03. The Kier molecular flexibility index (Phi) is 3.77. The highest BCUT2D eigenvalue weighted by Gasteiger charge is 2.02. The summed E-state index contributed by atoms with van der Waals surface area (Å²) < 4.78 is 0. The van der Waals surface area contributed by atoms with Gasteiger partial charge in [-0.25, -0.2) is 0 Å². The van der Waals surface area contributed by atoms with Crippen molar-refractivity contribution in [3.63, 3.8) is 0 Å². The Morgan fingerprint density at radius 2 is 1.41 bits per heavy atom. The topological polar surface area (TPSA) is 0 Å². The Morgan fingerprint density at radius 3 is 2.00 bits per heavy atom. The van der Waals surface area contributed by atoms with Gasteiger partial charge >= 0.3 is 0 Å². The fraction of sp³-hybridized carbons (Fsp3) is 0.176. The van der Waals surface area contributed by atoms with Crippen LogP contribution in [0.4, 0.5) is 0 Å². The summed E-state index contributed by atoms with van der Waals surface area (Å²) in [7, 11) is 0. The van der Waals surface area contributed by atoms with Crippen molar-refractivity contribution in [3.8, 4) is 0 Å². The zero-order valence-electron chi connectivity index (χ0n) is 10.4. The quantitative estimate of drug-likeness (QED) is 0.693. The minimum Gasteiger partial charge on any atom is -0.0738 e. The highest BCUT2D eigenvalue weighted by molar-refractivity contribution is 5.64. The van der Waals surface area contributed by atoms with E-state index in [2.05, 4.69) is 80.6 Å². The number of allylic oxidation sites excluding steroid dienone is 2. The molecule has 0 bridgehead atoms. The second-order valence-corrected chi connectivity index (χ2v) is 4.42. The molecule has 0 amide bonds. The van der Waals surface area contributed by atoms with Gasteiger partial charge in [-0.15, -0.1) is 0 Å². The first-order valence-electron chi connectivity index (χ1n) is 6.06. The van der Waals surface area contributed by atoms with E-state index >= 15 is 0 Å². The van der Waals surface area contributed by atoms with Gasteiger partial charge in [0.05, 0.1) is 0 Å². The number of hydrogen-bond acceptors (Lipinski definition) is 0. The van der Waals surface area contributed by atoms with E-state index in [4.69, 9.17) is 0 Å². The molecule has 0 aliphatic rings. The summed E-state index contributed by atoms with van der Waals surface area (Å²) in [5.41, 5.74) is 4.00. The first kappa shape index (κ1) is 11.7. The normalized spacial score (nSPS) is 13.4. The summed E-state index contributed by atoms with van der Waals surface area (Å²) >= 11 is 0. The van der Waals surface area contributed by atoms with Gasteiger partial charge in [-0.2, -0.15) is 0 Å². The summed E-state index contributed by atoms with van der Waals surface area (Å²) in [5, 5.41) is 0. The van der Waals surface area contributed by atoms with E-state index in [0.29, 0.717) is 5.92 Å². The van der Waals surface area contributed by atoms with Crippen molar-refractivity contribution in [2.75, 3.05) is 0 Å². The van der Waals surface area contributed by atoms with Gasteiger partial charge in [0.25, 0.3) is 0 Å². The van der Waals surface area contributed by atoms with Crippen LogP contribution < -0.4 is 0 Å². The Labute approximate surface area is 104 Å². The van der Waals surface area contributed by atoms with Gasteiger partial charge in [0.1, 0.15) is 0 Å². The molecule has 17 heavy (non-hydrogen) atoms. The molecule has 2 aromatic carbocycles. The maximum atomic E-state index is 2.32. The smallest absolute Gasteiger partial charge is 0.000451 e. The van der Waals surface area contributed by atoms with E-state index in [1.54, 1.807) is 0 Å². The van der Waals surface area contributed by atoms with Crippen molar-refractivity contribution in [2.24, 2.45) is 0 Å². The number of benzene rings is 2. The molecular formula is C17H18. The van der Waals surface area contributed by atoms with E-state index in [1.807, 2.05) is 0 Å². The van der Waals surface area contributed by atoms with E-state index < -0.39 is 0 Å². The lowest BCUT2D eigenvalue weighted by Crippen LogP contribution is -1.90. The summed E-state index contributed by atoms with van der Waals surface area (Å²) in [5.74, 6) is 0.455. The van der Waals surface area contributed by atoms with Crippen LogP contribution in [0.5, 0.6) is 0 Å². The zero-order valence-corrected chi connectivity index (χ0v) is 10.4. The Hall–Kier alpha value is -1.82. The number of hydrogen-bond donors (Lipinski definition) is 0. The van der Waals surface area contributed by atoms with Gasteiger partial charge < -0.3 is 0 Å². The van der Waals surface area contributed by atoms with Crippen molar-refractivity contribution in [1.82, 2.24) is 0 Å². The molecule has 86 valence electrons. The molecular weight excluding hydrogens is 204 g/mol. The summed E-state index contributed by atoms with van der Waals surface area (Å²) in [4.78, 5) is 0. The fourth-order valence-corrected chi connectivity index (χ4v) is 2.03. The first-order valence-corrected chi connectivity index (χ1v) is 6.06. The standard InChI is InChI=1S/C17H18/c1-14(16-9-5-3-6-10-16)13-15(2)17-11-7-4-8-12-17/h3-14H,1-2H3/b15-13-/t14-/m0/s1. The van der Waals surface area contributed by atoms with Crippen molar-refractivity contribution >= 4 is 5.57 Å². The molecule has 0 saturated carbocycles. The highest BCUT2D eigenvalue weighted by atomic mass is 14.1. The minimum atomic E-state index is 0.455. The van der Waals surface area contributed by atoms with Crippen LogP contribution in [0.2, 0.25) is 0 Å². The molecule has 0 unspecified atom stereocenters. The molecule has 0 heteroatoms. The van der Waals surface area contributed by atoms with Gasteiger partial charge in [-0.05, 0) is 29.5 Å². The zero-order chi connectivity index (χ0) is 12.1. The largest absolute Gasteiger partial charge is 0.0738 e. The van der Waals surface area contributed by atoms with Crippen LogP contribution >= 0.6 is 0 Å². The molecule has 0 spiro atoms. The van der Waals surface area contributed by atoms with Crippen molar-refractivity contribution < 1.29 is 0 Å². The van der Waals surface area contributed by atoms with E-state index in [0.717, 1.165) is 0 Å². The molecule has 0 saturated heterocycles. The SMILES string of the molecule is C/C(=C/[C@H](C)c1ccccc1)c1ccccc1. The van der Waals surface area contributed by atoms with Crippen LogP contribution in [-0.4, -0.2) is 0 Å². The van der Waals surface area contributed by atoms with Crippen molar-refractivity contribution in [2.45, 2.75) is 19.8 Å². The average Bonchev–Trinajstić information content (AvgIpc) is 2.40. The first-order chi connectivity index (χ1) is 8.27. The molecule has 0 N–H and O–H groups in total. The van der Waals surface area contributed by atoms with E-state index in [9.17, 15) is 0 Å². The molecule has 0 aliphatic carbocycles. The molecule has 0 fully saturated rings. The molecule has 2 aromatic rings. The van der Waals surface area contributed by atoms with Crippen molar-refractivity contribution in [1.29, 1.82) is 0 Å². The van der Waals surface area contributed by atoms with Gasteiger partial charge in [0.2, 0.25) is 0 Å². The maximum Gasteiger partial charge on any atom is -0.000451 e. The lowest BCUT2D eigenvalue weighted by molar-refractivity contribution is 0.968. The van der Waals surface area contributed by atoms with Crippen LogP contribution in [0.1, 0.15) is 30.9 Å². The van der Waals surface area contributed by atoms with E-state index in [-0.39, 0.29) is 0 Å². The predicted octanol–water partition coefficient (Wildman–Crippen LogP) is 4.89. The highest BCUT2D eigenvalue weighted by Crippen LogP contribution is 2.22. The average molecular weight is 222 g/mol. The third-order valence-electron chi connectivity index (χ3n) is 3.05. The molecule has 0 heterocycles. The lowest BCUT2D eigenvalue weighted by Gasteiger charge is -2.09. The molecule has 0 aliphatic heterocycles. The third-order valence-corrected chi connectivity index (χ3v) is 3.05. The monoisotopic (exact) mass is 222 g/mol. The van der Waals surface area contributed by atoms with E-state index in [1.165, 1.54) is 16.7 Å². The second-order valence-electron chi connectivity index (χ2n) is 4.42. The Bertz CT molecular complexity index is 480. The van der Waals surface area contributed by atoms with Gasteiger partial charge in [0, 0.05) is 0 Å². The predicted molar refractivity (Wildman–Crippen MR) is 75.0 cm³/mol. The van der Waals surface area contributed by atoms with Crippen LogP contribution in [0.15, 0.2) is 66.7 Å². The summed E-state index contributed by atoms with van der Waals surface area (Å²) in [6.45, 7) is 4.41. The van der Waals surface area contributed by atoms with Gasteiger partial charge in [0.15, 0.2) is 0 Å². The number of rotatable bonds is 3. The van der Waals surface area contributed by atoms with Crippen LogP contribution in [0.3, 0.4) is 0 Å². The Balaban J connectivity index is 2.20. The van der Waals surface area contributed by atoms with Crippen LogP contribution in [-0.2, 0) is 0 Å². The van der Waals surface area contributed by atoms with Gasteiger partial charge in [-0.3, -0.25) is 0 Å². The second kappa shape index (κ2) is 5.49. The third kappa shape index (κ3) is 3.07. The lowest BCUT2D eigenvalue weighted by atomic mass is 9.96. The molecule has 0 radical (unpaired) electrons. The molecule has 1 atom stereocenters. The minimum absolute atomic E-state index is 0.455. The molecule has 0 aromatic heterocycles. The van der Waals surface area contributed by atoms with Crippen molar-refractivity contribution in [3.05, 3.63) is 77.9 Å². The molecule has 2 rings (SSSR count). The van der Waals surface area contributed by atoms with Crippen LogP contribution in [0, 0.1) is 0 Å². The summed E-state index contributed by atoms with van der Waals surface area (Å²) in [6, 6.07) is 21.1. The molecule has 0 nitrogen and oxygen atoms in total.